The molecule has 96 valence electrons. The Balaban J connectivity index is 3.11. The van der Waals surface area contributed by atoms with Crippen molar-refractivity contribution in [1.29, 1.82) is 5.26 Å². The third-order valence-corrected chi connectivity index (χ3v) is 2.36. The van der Waals surface area contributed by atoms with Crippen LogP contribution in [0.5, 0.6) is 0 Å². The average Bonchev–Trinajstić information content (AvgIpc) is 2.27. The molecule has 0 aliphatic heterocycles. The van der Waals surface area contributed by atoms with Crippen LogP contribution in [0.3, 0.4) is 0 Å². The van der Waals surface area contributed by atoms with Crippen LogP contribution in [0.15, 0.2) is 12.1 Å². The van der Waals surface area contributed by atoms with Crippen molar-refractivity contribution in [2.45, 2.75) is 6.92 Å². The van der Waals surface area contributed by atoms with Gasteiger partial charge in [0.1, 0.15) is 5.69 Å². The molecule has 1 aromatic carbocycles. The topological polar surface area (TPSA) is 70.2 Å². The van der Waals surface area contributed by atoms with Gasteiger partial charge >= 0.3 is 0 Å². The lowest BCUT2D eigenvalue weighted by Crippen LogP contribution is -2.25. The highest BCUT2D eigenvalue weighted by Gasteiger charge is 2.20. The Morgan fingerprint density at radius 3 is 2.39 bits per heavy atom. The fourth-order valence-corrected chi connectivity index (χ4v) is 1.57. The van der Waals surface area contributed by atoms with E-state index in [9.17, 15) is 18.9 Å². The molecule has 1 aromatic rings. The number of nitrogens with zero attached hydrogens (tertiary/aromatic N) is 3. The fourth-order valence-electron chi connectivity index (χ4n) is 1.57. The van der Waals surface area contributed by atoms with E-state index in [1.165, 1.54) is 11.9 Å². The van der Waals surface area contributed by atoms with Crippen molar-refractivity contribution < 1.29 is 13.7 Å². The summed E-state index contributed by atoms with van der Waals surface area (Å²) in [4.78, 5) is 10.8. The lowest BCUT2D eigenvalue weighted by Gasteiger charge is -2.21. The van der Waals surface area contributed by atoms with Crippen LogP contribution in [-0.2, 0) is 0 Å². The van der Waals surface area contributed by atoms with E-state index in [1.54, 1.807) is 6.92 Å². The highest BCUT2D eigenvalue weighted by Crippen LogP contribution is 2.27. The Morgan fingerprint density at radius 2 is 2.00 bits per heavy atom. The monoisotopic (exact) mass is 255 g/mol. The molecule has 7 heteroatoms. The van der Waals surface area contributed by atoms with E-state index in [-0.39, 0.29) is 12.2 Å². The van der Waals surface area contributed by atoms with E-state index >= 15 is 0 Å². The number of rotatable bonds is 4. The minimum absolute atomic E-state index is 0.127. The Hall–Kier alpha value is -2.23. The Bertz CT molecular complexity index is 490. The van der Waals surface area contributed by atoms with Crippen LogP contribution in [0.4, 0.5) is 20.2 Å². The van der Waals surface area contributed by atoms with E-state index in [4.69, 9.17) is 5.26 Å². The second-order valence-corrected chi connectivity index (χ2v) is 3.93. The van der Waals surface area contributed by atoms with E-state index in [2.05, 4.69) is 0 Å². The van der Waals surface area contributed by atoms with Crippen molar-refractivity contribution in [2.75, 3.05) is 18.5 Å². The zero-order chi connectivity index (χ0) is 13.9. The first kappa shape index (κ1) is 13.8. The number of non-ortho nitro benzene ring substituents is 1. The van der Waals surface area contributed by atoms with Crippen molar-refractivity contribution in [2.24, 2.45) is 5.92 Å². The minimum Gasteiger partial charge on any atom is -0.369 e. The van der Waals surface area contributed by atoms with Gasteiger partial charge in [-0.05, 0) is 6.92 Å². The average molecular weight is 255 g/mol. The third kappa shape index (κ3) is 2.91. The van der Waals surface area contributed by atoms with E-state index in [0.29, 0.717) is 12.1 Å². The predicted octanol–water partition coefficient (Wildman–Crippen LogP) is 2.47. The summed E-state index contributed by atoms with van der Waals surface area (Å²) in [6.45, 7) is 1.74. The van der Waals surface area contributed by atoms with Gasteiger partial charge in [0.2, 0.25) is 0 Å². The number of nitriles is 1. The second kappa shape index (κ2) is 5.40. The van der Waals surface area contributed by atoms with Crippen LogP contribution in [0.1, 0.15) is 6.92 Å². The summed E-state index contributed by atoms with van der Waals surface area (Å²) >= 11 is 0. The molecule has 0 aliphatic rings. The maximum atomic E-state index is 13.6. The molecule has 0 amide bonds. The first-order valence-electron chi connectivity index (χ1n) is 5.11. The Kier molecular flexibility index (Phi) is 4.15. The van der Waals surface area contributed by atoms with Gasteiger partial charge in [-0.1, -0.05) is 0 Å². The molecule has 0 spiro atoms. The molecule has 0 radical (unpaired) electrons. The SMILES string of the molecule is CC(C#N)CN(C)c1c(F)cc([N+](=O)[O-])cc1F. The molecule has 0 aliphatic carbocycles. The summed E-state index contributed by atoms with van der Waals surface area (Å²) in [7, 11) is 1.42. The van der Waals surface area contributed by atoms with Crippen molar-refractivity contribution >= 4 is 11.4 Å². The summed E-state index contributed by atoms with van der Waals surface area (Å²) in [5.41, 5.74) is -1.02. The van der Waals surface area contributed by atoms with Gasteiger partial charge in [0.25, 0.3) is 5.69 Å². The van der Waals surface area contributed by atoms with Gasteiger partial charge in [0.15, 0.2) is 11.6 Å². The summed E-state index contributed by atoms with van der Waals surface area (Å²) in [6, 6.07) is 3.26. The summed E-state index contributed by atoms with van der Waals surface area (Å²) in [5.74, 6) is -2.45. The highest BCUT2D eigenvalue weighted by molar-refractivity contribution is 5.53. The van der Waals surface area contributed by atoms with E-state index in [1.807, 2.05) is 6.07 Å². The molecule has 0 bridgehead atoms. The normalized spacial score (nSPS) is 11.7. The first-order valence-corrected chi connectivity index (χ1v) is 5.11. The van der Waals surface area contributed by atoms with E-state index in [0.717, 1.165) is 0 Å². The van der Waals surface area contributed by atoms with Gasteiger partial charge in [-0.25, -0.2) is 8.78 Å². The number of hydrogen-bond donors (Lipinski definition) is 0. The lowest BCUT2D eigenvalue weighted by molar-refractivity contribution is -0.385. The van der Waals surface area contributed by atoms with Gasteiger partial charge in [0, 0.05) is 13.6 Å². The summed E-state index contributed by atoms with van der Waals surface area (Å²) in [5, 5.41) is 19.1. The largest absolute Gasteiger partial charge is 0.369 e. The second-order valence-electron chi connectivity index (χ2n) is 3.93. The number of anilines is 1. The van der Waals surface area contributed by atoms with Crippen LogP contribution >= 0.6 is 0 Å². The fraction of sp³-hybridized carbons (Fsp3) is 0.364. The van der Waals surface area contributed by atoms with E-state index < -0.39 is 28.2 Å². The van der Waals surface area contributed by atoms with Crippen LogP contribution in [0.2, 0.25) is 0 Å². The molecular weight excluding hydrogens is 244 g/mol. The molecular formula is C11H11F2N3O2. The van der Waals surface area contributed by atoms with Crippen molar-refractivity contribution in [3.8, 4) is 6.07 Å². The van der Waals surface area contributed by atoms with Gasteiger partial charge in [-0.2, -0.15) is 5.26 Å². The van der Waals surface area contributed by atoms with Gasteiger partial charge in [-0.3, -0.25) is 10.1 Å². The number of nitro benzene ring substituents is 1. The molecule has 0 fully saturated rings. The molecule has 18 heavy (non-hydrogen) atoms. The molecule has 1 atom stereocenters. The van der Waals surface area contributed by atoms with Gasteiger partial charge < -0.3 is 4.90 Å². The highest BCUT2D eigenvalue weighted by atomic mass is 19.1. The van der Waals surface area contributed by atoms with Crippen LogP contribution in [0, 0.1) is 39.0 Å². The maximum Gasteiger partial charge on any atom is 0.275 e. The van der Waals surface area contributed by atoms with Crippen LogP contribution in [-0.4, -0.2) is 18.5 Å². The quantitative estimate of drug-likeness (QED) is 0.612. The number of halogens is 2. The number of benzene rings is 1. The first-order chi connectivity index (χ1) is 8.36. The van der Waals surface area contributed by atoms with Gasteiger partial charge in [0.05, 0.1) is 29.0 Å². The maximum absolute atomic E-state index is 13.6. The van der Waals surface area contributed by atoms with Crippen molar-refractivity contribution in [3.63, 3.8) is 0 Å². The molecule has 0 saturated heterocycles. The predicted molar refractivity (Wildman–Crippen MR) is 61.1 cm³/mol. The van der Waals surface area contributed by atoms with Crippen molar-refractivity contribution in [1.82, 2.24) is 0 Å². The van der Waals surface area contributed by atoms with Gasteiger partial charge in [-0.15, -0.1) is 0 Å². The zero-order valence-corrected chi connectivity index (χ0v) is 9.85. The number of nitro groups is 1. The molecule has 0 heterocycles. The van der Waals surface area contributed by atoms with Crippen LogP contribution in [0.25, 0.3) is 0 Å². The molecule has 0 N–H and O–H groups in total. The third-order valence-electron chi connectivity index (χ3n) is 2.36. The molecule has 1 rings (SSSR count). The summed E-state index contributed by atoms with van der Waals surface area (Å²) < 4.78 is 27.2. The minimum atomic E-state index is -1.02. The molecule has 5 nitrogen and oxygen atoms in total. The smallest absolute Gasteiger partial charge is 0.275 e. The molecule has 1 unspecified atom stereocenters. The number of hydrogen-bond acceptors (Lipinski definition) is 4. The summed E-state index contributed by atoms with van der Waals surface area (Å²) in [6.07, 6.45) is 0. The van der Waals surface area contributed by atoms with Crippen LogP contribution < -0.4 is 4.90 Å². The standard InChI is InChI=1S/C11H11F2N3O2/c1-7(5-14)6-15(2)11-9(12)3-8(16(17)18)4-10(11)13/h3-4,7H,6H2,1-2H3. The Morgan fingerprint density at radius 1 is 1.50 bits per heavy atom. The molecule has 0 aromatic heterocycles. The van der Waals surface area contributed by atoms with Crippen molar-refractivity contribution in [3.05, 3.63) is 33.9 Å². The molecule has 0 saturated carbocycles. The Labute approximate surface area is 102 Å². The lowest BCUT2D eigenvalue weighted by atomic mass is 10.1. The zero-order valence-electron chi connectivity index (χ0n) is 9.85.